The predicted octanol–water partition coefficient (Wildman–Crippen LogP) is 0.0414. The van der Waals surface area contributed by atoms with Crippen molar-refractivity contribution in [2.24, 2.45) is 7.05 Å². The third-order valence-corrected chi connectivity index (χ3v) is 2.39. The zero-order chi connectivity index (χ0) is 10.7. The fourth-order valence-electron chi connectivity index (χ4n) is 1.49. The van der Waals surface area contributed by atoms with Crippen molar-refractivity contribution >= 4 is 0 Å². The third kappa shape index (κ3) is 2.04. The lowest BCUT2D eigenvalue weighted by Crippen LogP contribution is -2.21. The Bertz CT molecular complexity index is 404. The van der Waals surface area contributed by atoms with Crippen LogP contribution >= 0.6 is 0 Å². The molecule has 6 heteroatoms. The molecule has 2 aromatic heterocycles. The van der Waals surface area contributed by atoms with E-state index < -0.39 is 0 Å². The first-order valence-electron chi connectivity index (χ1n) is 4.80. The van der Waals surface area contributed by atoms with Gasteiger partial charge in [0.1, 0.15) is 18.0 Å². The number of likely N-dealkylation sites (N-methyl/N-ethyl adjacent to an activating group) is 1. The lowest BCUT2D eigenvalue weighted by molar-refractivity contribution is 0.531. The molecule has 1 atom stereocenters. The molecule has 2 rings (SSSR count). The summed E-state index contributed by atoms with van der Waals surface area (Å²) in [5, 5.41) is 7.23. The monoisotopic (exact) mass is 206 g/mol. The first-order chi connectivity index (χ1) is 7.31. The van der Waals surface area contributed by atoms with Crippen molar-refractivity contribution in [3.05, 3.63) is 30.4 Å². The van der Waals surface area contributed by atoms with Crippen molar-refractivity contribution in [1.82, 2.24) is 30.0 Å². The number of nitrogens with one attached hydrogen (secondary N) is 2. The zero-order valence-corrected chi connectivity index (χ0v) is 8.81. The Kier molecular flexibility index (Phi) is 2.77. The van der Waals surface area contributed by atoms with Crippen LogP contribution in [0.25, 0.3) is 0 Å². The Hall–Kier alpha value is -1.69. The number of rotatable bonds is 4. The number of aryl methyl sites for hydroxylation is 1. The Morgan fingerprint density at radius 1 is 1.53 bits per heavy atom. The van der Waals surface area contributed by atoms with E-state index in [4.69, 9.17) is 0 Å². The minimum absolute atomic E-state index is 0.142. The predicted molar refractivity (Wildman–Crippen MR) is 55.1 cm³/mol. The summed E-state index contributed by atoms with van der Waals surface area (Å²) >= 11 is 0. The van der Waals surface area contributed by atoms with Crippen molar-refractivity contribution in [2.75, 3.05) is 7.05 Å². The van der Waals surface area contributed by atoms with Gasteiger partial charge in [0.2, 0.25) is 0 Å². The molecule has 0 spiro atoms. The summed E-state index contributed by atoms with van der Waals surface area (Å²) in [6, 6.07) is 0.142. The molecule has 0 aliphatic rings. The number of aromatic amines is 1. The van der Waals surface area contributed by atoms with Gasteiger partial charge in [-0.3, -0.25) is 4.68 Å². The highest BCUT2D eigenvalue weighted by molar-refractivity contribution is 5.00. The Morgan fingerprint density at radius 3 is 2.93 bits per heavy atom. The Labute approximate surface area is 87.8 Å². The third-order valence-electron chi connectivity index (χ3n) is 2.39. The first kappa shape index (κ1) is 9.85. The van der Waals surface area contributed by atoms with Gasteiger partial charge in [-0.1, -0.05) is 0 Å². The maximum absolute atomic E-state index is 4.22. The van der Waals surface area contributed by atoms with Crippen LogP contribution in [-0.2, 0) is 13.5 Å². The molecule has 0 aromatic carbocycles. The van der Waals surface area contributed by atoms with Gasteiger partial charge in [-0.25, -0.2) is 9.97 Å². The van der Waals surface area contributed by atoms with E-state index in [1.165, 1.54) is 0 Å². The van der Waals surface area contributed by atoms with Gasteiger partial charge < -0.3 is 10.3 Å². The molecule has 0 aliphatic carbocycles. The smallest absolute Gasteiger partial charge is 0.138 e. The molecule has 2 heterocycles. The van der Waals surface area contributed by atoms with E-state index in [1.807, 2.05) is 20.3 Å². The van der Waals surface area contributed by atoms with Crippen molar-refractivity contribution < 1.29 is 0 Å². The van der Waals surface area contributed by atoms with Crippen LogP contribution in [0, 0.1) is 0 Å². The fraction of sp³-hybridized carbons (Fsp3) is 0.444. The van der Waals surface area contributed by atoms with E-state index >= 15 is 0 Å². The van der Waals surface area contributed by atoms with Gasteiger partial charge in [-0.15, -0.1) is 0 Å². The standard InChI is InChI=1S/C9H14N6/c1-10-7(9-11-3-4-12-9)5-8-13-6-14-15(8)2/h3-4,6-7,10H,5H2,1-2H3,(H,11,12). The van der Waals surface area contributed by atoms with Gasteiger partial charge in [-0.2, -0.15) is 5.10 Å². The lowest BCUT2D eigenvalue weighted by Gasteiger charge is -2.12. The average Bonchev–Trinajstić information content (AvgIpc) is 2.86. The van der Waals surface area contributed by atoms with Gasteiger partial charge in [0.15, 0.2) is 0 Å². The normalized spacial score (nSPS) is 12.9. The number of hydrogen-bond acceptors (Lipinski definition) is 4. The summed E-state index contributed by atoms with van der Waals surface area (Å²) in [6.07, 6.45) is 5.89. The average molecular weight is 206 g/mol. The number of nitrogens with zero attached hydrogens (tertiary/aromatic N) is 4. The number of H-pyrrole nitrogens is 1. The molecule has 80 valence electrons. The molecule has 0 saturated heterocycles. The Balaban J connectivity index is 2.13. The van der Waals surface area contributed by atoms with E-state index in [9.17, 15) is 0 Å². The Morgan fingerprint density at radius 2 is 2.40 bits per heavy atom. The molecular formula is C9H14N6. The second kappa shape index (κ2) is 4.22. The number of hydrogen-bond donors (Lipinski definition) is 2. The van der Waals surface area contributed by atoms with E-state index in [1.54, 1.807) is 17.2 Å². The SMILES string of the molecule is CNC(Cc1ncnn1C)c1ncc[nH]1. The van der Waals surface area contributed by atoms with Crippen LogP contribution in [0.2, 0.25) is 0 Å². The maximum Gasteiger partial charge on any atom is 0.138 e. The molecule has 0 radical (unpaired) electrons. The minimum atomic E-state index is 0.142. The van der Waals surface area contributed by atoms with Gasteiger partial charge in [0.25, 0.3) is 0 Å². The topological polar surface area (TPSA) is 71.4 Å². The van der Waals surface area contributed by atoms with Gasteiger partial charge in [-0.05, 0) is 7.05 Å². The van der Waals surface area contributed by atoms with Crippen LogP contribution in [0.4, 0.5) is 0 Å². The van der Waals surface area contributed by atoms with Crippen LogP contribution in [0.1, 0.15) is 17.7 Å². The molecular weight excluding hydrogens is 192 g/mol. The van der Waals surface area contributed by atoms with E-state index in [2.05, 4.69) is 25.4 Å². The second-order valence-corrected chi connectivity index (χ2v) is 3.32. The molecule has 6 nitrogen and oxygen atoms in total. The highest BCUT2D eigenvalue weighted by Gasteiger charge is 2.14. The summed E-state index contributed by atoms with van der Waals surface area (Å²) in [6.45, 7) is 0. The molecule has 0 fully saturated rings. The van der Waals surface area contributed by atoms with E-state index in [-0.39, 0.29) is 6.04 Å². The molecule has 1 unspecified atom stereocenters. The summed E-state index contributed by atoms with van der Waals surface area (Å²) < 4.78 is 1.77. The van der Waals surface area contributed by atoms with Crippen LogP contribution in [0.3, 0.4) is 0 Å². The summed E-state index contributed by atoms with van der Waals surface area (Å²) in [4.78, 5) is 11.5. The van der Waals surface area contributed by atoms with Crippen LogP contribution in [-0.4, -0.2) is 31.8 Å². The molecule has 0 bridgehead atoms. The molecule has 2 aromatic rings. The molecule has 15 heavy (non-hydrogen) atoms. The van der Waals surface area contributed by atoms with Gasteiger partial charge >= 0.3 is 0 Å². The van der Waals surface area contributed by atoms with Crippen molar-refractivity contribution in [2.45, 2.75) is 12.5 Å². The van der Waals surface area contributed by atoms with Crippen molar-refractivity contribution in [1.29, 1.82) is 0 Å². The summed E-state index contributed by atoms with van der Waals surface area (Å²) in [7, 11) is 3.79. The molecule has 0 amide bonds. The van der Waals surface area contributed by atoms with Crippen molar-refractivity contribution in [3.63, 3.8) is 0 Å². The minimum Gasteiger partial charge on any atom is -0.347 e. The van der Waals surface area contributed by atoms with E-state index in [0.717, 1.165) is 18.1 Å². The molecule has 0 aliphatic heterocycles. The lowest BCUT2D eigenvalue weighted by atomic mass is 10.2. The quantitative estimate of drug-likeness (QED) is 0.741. The maximum atomic E-state index is 4.22. The number of imidazole rings is 1. The van der Waals surface area contributed by atoms with Gasteiger partial charge in [0, 0.05) is 25.9 Å². The van der Waals surface area contributed by atoms with E-state index in [0.29, 0.717) is 0 Å². The highest BCUT2D eigenvalue weighted by atomic mass is 15.3. The first-order valence-corrected chi connectivity index (χ1v) is 4.80. The fourth-order valence-corrected chi connectivity index (χ4v) is 1.49. The summed E-state index contributed by atoms with van der Waals surface area (Å²) in [5.41, 5.74) is 0. The zero-order valence-electron chi connectivity index (χ0n) is 8.81. The number of aromatic nitrogens is 5. The van der Waals surface area contributed by atoms with Crippen LogP contribution < -0.4 is 5.32 Å². The van der Waals surface area contributed by atoms with Crippen LogP contribution in [0.5, 0.6) is 0 Å². The largest absolute Gasteiger partial charge is 0.347 e. The molecule has 0 saturated carbocycles. The van der Waals surface area contributed by atoms with Gasteiger partial charge in [0.05, 0.1) is 6.04 Å². The van der Waals surface area contributed by atoms with Crippen LogP contribution in [0.15, 0.2) is 18.7 Å². The van der Waals surface area contributed by atoms with Crippen molar-refractivity contribution in [3.8, 4) is 0 Å². The second-order valence-electron chi connectivity index (χ2n) is 3.32. The highest BCUT2D eigenvalue weighted by Crippen LogP contribution is 2.11. The summed E-state index contributed by atoms with van der Waals surface area (Å²) in [5.74, 6) is 1.85. The molecule has 2 N–H and O–H groups in total.